The summed E-state index contributed by atoms with van der Waals surface area (Å²) in [6.45, 7) is 0.162. The first-order valence-electron chi connectivity index (χ1n) is 7.79. The van der Waals surface area contributed by atoms with E-state index in [0.29, 0.717) is 39.1 Å². The fourth-order valence-corrected chi connectivity index (χ4v) is 2.59. The monoisotopic (exact) mass is 358 g/mol. The number of ether oxygens (including phenoxy) is 1. The van der Waals surface area contributed by atoms with Crippen molar-refractivity contribution in [2.45, 2.75) is 25.5 Å². The molecule has 1 aromatic carbocycles. The molecule has 0 aliphatic heterocycles. The van der Waals surface area contributed by atoms with Crippen molar-refractivity contribution >= 4 is 34.5 Å². The van der Waals surface area contributed by atoms with Gasteiger partial charge in [-0.3, -0.25) is 4.79 Å². The minimum Gasteiger partial charge on any atom is -0.486 e. The van der Waals surface area contributed by atoms with Crippen molar-refractivity contribution in [2.24, 2.45) is 0 Å². The molecule has 0 radical (unpaired) electrons. The number of hydrogen-bond acceptors (Lipinski definition) is 6. The quantitative estimate of drug-likeness (QED) is 0.642. The molecule has 0 unspecified atom stereocenters. The second-order valence-electron chi connectivity index (χ2n) is 5.88. The SMILES string of the molecule is Nc1cc(OCc2cc(C(=O)NC3CC3)ccc2Cl)c2n[nH]nc2n1. The van der Waals surface area contributed by atoms with Crippen molar-refractivity contribution in [3.8, 4) is 5.75 Å². The highest BCUT2D eigenvalue weighted by molar-refractivity contribution is 6.31. The number of nitrogen functional groups attached to an aromatic ring is 1. The molecule has 0 saturated heterocycles. The van der Waals surface area contributed by atoms with Crippen LogP contribution in [0.25, 0.3) is 11.2 Å². The molecule has 4 N–H and O–H groups in total. The fraction of sp³-hybridized carbons (Fsp3) is 0.250. The minimum atomic E-state index is -0.104. The number of hydrogen-bond donors (Lipinski definition) is 3. The highest BCUT2D eigenvalue weighted by atomic mass is 35.5. The number of anilines is 1. The number of halogens is 1. The number of fused-ring (bicyclic) bond motifs is 1. The van der Waals surface area contributed by atoms with E-state index in [0.717, 1.165) is 12.8 Å². The lowest BCUT2D eigenvalue weighted by Gasteiger charge is -2.10. The zero-order chi connectivity index (χ0) is 17.4. The van der Waals surface area contributed by atoms with Gasteiger partial charge in [-0.05, 0) is 31.0 Å². The minimum absolute atomic E-state index is 0.104. The van der Waals surface area contributed by atoms with Gasteiger partial charge in [-0.2, -0.15) is 10.3 Å². The fourth-order valence-electron chi connectivity index (χ4n) is 2.41. The number of nitrogens with two attached hydrogens (primary N) is 1. The third-order valence-corrected chi connectivity index (χ3v) is 4.25. The number of aromatic nitrogens is 4. The maximum atomic E-state index is 12.2. The number of rotatable bonds is 5. The number of amides is 1. The first-order chi connectivity index (χ1) is 12.1. The molecular weight excluding hydrogens is 344 g/mol. The van der Waals surface area contributed by atoms with Crippen molar-refractivity contribution in [3.63, 3.8) is 0 Å². The molecule has 25 heavy (non-hydrogen) atoms. The lowest BCUT2D eigenvalue weighted by molar-refractivity contribution is 0.0951. The molecule has 1 aliphatic carbocycles. The molecule has 8 nitrogen and oxygen atoms in total. The standard InChI is InChI=1S/C16H15ClN6O2/c17-11-4-1-8(16(24)19-10-2-3-10)5-9(11)7-25-12-6-13(18)20-15-14(12)21-23-22-15/h1,4-6,10H,2-3,7H2,(H,19,24)(H3,18,20,21,22,23). The van der Waals surface area contributed by atoms with E-state index in [9.17, 15) is 4.79 Å². The molecule has 2 heterocycles. The molecule has 1 saturated carbocycles. The van der Waals surface area contributed by atoms with Crippen LogP contribution in [0.15, 0.2) is 24.3 Å². The Balaban J connectivity index is 1.55. The Morgan fingerprint density at radius 3 is 3.00 bits per heavy atom. The molecule has 0 spiro atoms. The number of aromatic amines is 1. The molecule has 128 valence electrons. The topological polar surface area (TPSA) is 119 Å². The summed E-state index contributed by atoms with van der Waals surface area (Å²) in [6.07, 6.45) is 2.07. The Hall–Kier alpha value is -2.87. The van der Waals surface area contributed by atoms with Crippen molar-refractivity contribution in [2.75, 3.05) is 5.73 Å². The molecule has 0 atom stereocenters. The first-order valence-corrected chi connectivity index (χ1v) is 8.17. The number of nitrogens with one attached hydrogen (secondary N) is 2. The summed E-state index contributed by atoms with van der Waals surface area (Å²) in [5.41, 5.74) is 7.84. The summed E-state index contributed by atoms with van der Waals surface area (Å²) in [6, 6.07) is 6.98. The van der Waals surface area contributed by atoms with E-state index in [1.54, 1.807) is 24.3 Å². The maximum Gasteiger partial charge on any atom is 0.251 e. The second-order valence-corrected chi connectivity index (χ2v) is 6.29. The van der Waals surface area contributed by atoms with Crippen LogP contribution in [-0.2, 0) is 6.61 Å². The Morgan fingerprint density at radius 2 is 2.20 bits per heavy atom. The summed E-state index contributed by atoms with van der Waals surface area (Å²) in [4.78, 5) is 16.2. The van der Waals surface area contributed by atoms with Gasteiger partial charge in [0.2, 0.25) is 5.65 Å². The van der Waals surface area contributed by atoms with E-state index in [-0.39, 0.29) is 18.3 Å². The first kappa shape index (κ1) is 15.6. The Labute approximate surface area is 147 Å². The average Bonchev–Trinajstić information content (AvgIpc) is 3.27. The molecule has 2 aromatic heterocycles. The molecule has 1 fully saturated rings. The van der Waals surface area contributed by atoms with Crippen LogP contribution in [0.5, 0.6) is 5.75 Å². The van der Waals surface area contributed by atoms with Crippen LogP contribution in [0.3, 0.4) is 0 Å². The van der Waals surface area contributed by atoms with Gasteiger partial charge in [0.15, 0.2) is 11.3 Å². The molecule has 4 rings (SSSR count). The van der Waals surface area contributed by atoms with E-state index in [4.69, 9.17) is 22.1 Å². The lowest BCUT2D eigenvalue weighted by Crippen LogP contribution is -2.25. The van der Waals surface area contributed by atoms with Crippen molar-refractivity contribution in [3.05, 3.63) is 40.4 Å². The van der Waals surface area contributed by atoms with Crippen LogP contribution in [0.4, 0.5) is 5.82 Å². The van der Waals surface area contributed by atoms with Crippen LogP contribution >= 0.6 is 11.6 Å². The van der Waals surface area contributed by atoms with Gasteiger partial charge < -0.3 is 15.8 Å². The van der Waals surface area contributed by atoms with Crippen molar-refractivity contribution < 1.29 is 9.53 Å². The zero-order valence-corrected chi connectivity index (χ0v) is 13.9. The van der Waals surface area contributed by atoms with E-state index >= 15 is 0 Å². The van der Waals surface area contributed by atoms with Crippen LogP contribution in [0, 0.1) is 0 Å². The zero-order valence-electron chi connectivity index (χ0n) is 13.1. The number of benzene rings is 1. The average molecular weight is 359 g/mol. The normalized spacial score (nSPS) is 13.8. The second kappa shape index (κ2) is 6.21. The third-order valence-electron chi connectivity index (χ3n) is 3.88. The highest BCUT2D eigenvalue weighted by Gasteiger charge is 2.24. The number of H-pyrrole nitrogens is 1. The molecule has 0 bridgehead atoms. The number of carbonyl (C=O) groups excluding carboxylic acids is 1. The van der Waals surface area contributed by atoms with Crippen LogP contribution in [0.2, 0.25) is 5.02 Å². The summed E-state index contributed by atoms with van der Waals surface area (Å²) < 4.78 is 5.79. The van der Waals surface area contributed by atoms with Gasteiger partial charge in [-0.25, -0.2) is 4.98 Å². The van der Waals surface area contributed by atoms with Crippen molar-refractivity contribution in [1.82, 2.24) is 25.7 Å². The van der Waals surface area contributed by atoms with Gasteiger partial charge in [-0.1, -0.05) is 11.6 Å². The summed E-state index contributed by atoms with van der Waals surface area (Å²) in [5, 5.41) is 13.9. The van der Waals surface area contributed by atoms with Gasteiger partial charge >= 0.3 is 0 Å². The van der Waals surface area contributed by atoms with Crippen LogP contribution in [0.1, 0.15) is 28.8 Å². The van der Waals surface area contributed by atoms with Crippen molar-refractivity contribution in [1.29, 1.82) is 0 Å². The molecule has 9 heteroatoms. The Morgan fingerprint density at radius 1 is 1.36 bits per heavy atom. The van der Waals surface area contributed by atoms with Crippen LogP contribution < -0.4 is 15.8 Å². The lowest BCUT2D eigenvalue weighted by atomic mass is 10.1. The number of carbonyl (C=O) groups is 1. The molecule has 1 aliphatic rings. The van der Waals surface area contributed by atoms with E-state index in [2.05, 4.69) is 25.7 Å². The number of pyridine rings is 1. The Bertz CT molecular complexity index is 953. The van der Waals surface area contributed by atoms with Gasteiger partial charge in [0, 0.05) is 28.3 Å². The van der Waals surface area contributed by atoms with Gasteiger partial charge in [0.1, 0.15) is 12.4 Å². The van der Waals surface area contributed by atoms with Gasteiger partial charge in [0.05, 0.1) is 0 Å². The molecule has 3 aromatic rings. The summed E-state index contributed by atoms with van der Waals surface area (Å²) >= 11 is 6.23. The number of nitrogens with zero attached hydrogens (tertiary/aromatic N) is 3. The largest absolute Gasteiger partial charge is 0.486 e. The predicted octanol–water partition coefficient (Wildman–Crippen LogP) is 2.06. The van der Waals surface area contributed by atoms with E-state index < -0.39 is 0 Å². The van der Waals surface area contributed by atoms with E-state index in [1.807, 2.05) is 0 Å². The molecule has 1 amide bonds. The van der Waals surface area contributed by atoms with Gasteiger partial charge in [0.25, 0.3) is 5.91 Å². The predicted molar refractivity (Wildman–Crippen MR) is 92.4 cm³/mol. The summed E-state index contributed by atoms with van der Waals surface area (Å²) in [7, 11) is 0. The van der Waals surface area contributed by atoms with E-state index in [1.165, 1.54) is 0 Å². The smallest absolute Gasteiger partial charge is 0.251 e. The van der Waals surface area contributed by atoms with Gasteiger partial charge in [-0.15, -0.1) is 5.10 Å². The summed E-state index contributed by atoms with van der Waals surface area (Å²) in [5.74, 6) is 0.618. The maximum absolute atomic E-state index is 12.2. The molecular formula is C16H15ClN6O2. The Kier molecular flexibility index (Phi) is 3.89. The third kappa shape index (κ3) is 3.34. The van der Waals surface area contributed by atoms with Crippen LogP contribution in [-0.4, -0.2) is 32.3 Å². The highest BCUT2D eigenvalue weighted by Crippen LogP contribution is 2.26.